The Labute approximate surface area is 421 Å². The van der Waals surface area contributed by atoms with Gasteiger partial charge in [-0.05, 0) is 76.1 Å². The number of ether oxygens (including phenoxy) is 9. The molecule has 3 aliphatic heterocycles. The third-order valence-electron chi connectivity index (χ3n) is 14.1. The van der Waals surface area contributed by atoms with Gasteiger partial charge in [-0.3, -0.25) is 0 Å². The molecule has 0 aromatic carbocycles. The molecule has 400 valence electrons. The molecule has 10 nitrogen and oxygen atoms in total. The summed E-state index contributed by atoms with van der Waals surface area (Å²) in [6.07, 6.45) is 30.0. The van der Waals surface area contributed by atoms with Crippen molar-refractivity contribution in [1.82, 2.24) is 0 Å². The Hall–Kier alpha value is -0.459. The number of hydrogen-bond donors (Lipinski definition) is 0. The van der Waals surface area contributed by atoms with Crippen LogP contribution in [0.3, 0.4) is 0 Å². The van der Waals surface area contributed by atoms with Crippen LogP contribution in [0.2, 0.25) is 77.1 Å². The first-order valence-corrected chi connectivity index (χ1v) is 39.3. The molecule has 0 spiro atoms. The highest BCUT2D eigenvalue weighted by Gasteiger charge is 2.42. The van der Waals surface area contributed by atoms with Crippen molar-refractivity contribution >= 4 is 30.2 Å². The van der Waals surface area contributed by atoms with E-state index in [1.54, 1.807) is 0 Å². The molecule has 3 heterocycles. The number of carbonyl (C=O) groups is 1. The second-order valence-electron chi connectivity index (χ2n) is 24.5. The van der Waals surface area contributed by atoms with Gasteiger partial charge in [-0.25, -0.2) is 4.79 Å². The topological polar surface area (TPSA) is 100 Å². The van der Waals surface area contributed by atoms with Crippen LogP contribution < -0.4 is 0 Å². The summed E-state index contributed by atoms with van der Waals surface area (Å²) in [7, 11) is -3.46. The zero-order valence-electron chi connectivity index (χ0n) is 46.1. The molecule has 68 heavy (non-hydrogen) atoms. The summed E-state index contributed by atoms with van der Waals surface area (Å²) in [5, 5.41) is 0. The summed E-state index contributed by atoms with van der Waals surface area (Å²) < 4.78 is 56.3. The Morgan fingerprint density at radius 2 is 0.912 bits per heavy atom. The van der Waals surface area contributed by atoms with Gasteiger partial charge in [0.1, 0.15) is 26.5 Å². The molecule has 8 atom stereocenters. The quantitative estimate of drug-likeness (QED) is 0.0254. The van der Waals surface area contributed by atoms with Crippen molar-refractivity contribution in [3.8, 4) is 0 Å². The van der Waals surface area contributed by atoms with Gasteiger partial charge in [0, 0.05) is 56.0 Å². The van der Waals surface area contributed by atoms with Crippen LogP contribution in [0.4, 0.5) is 0 Å². The van der Waals surface area contributed by atoms with E-state index in [0.717, 1.165) is 101 Å². The normalized spacial score (nSPS) is 22.8. The van der Waals surface area contributed by atoms with Gasteiger partial charge < -0.3 is 42.6 Å². The maximum atomic E-state index is 12.3. The van der Waals surface area contributed by atoms with Crippen molar-refractivity contribution in [2.75, 3.05) is 40.2 Å². The molecule has 0 aromatic rings. The van der Waals surface area contributed by atoms with Crippen molar-refractivity contribution in [3.05, 3.63) is 11.6 Å². The molecule has 0 amide bonds. The fourth-order valence-electron chi connectivity index (χ4n) is 9.48. The van der Waals surface area contributed by atoms with Gasteiger partial charge in [-0.15, -0.1) is 0 Å². The lowest BCUT2D eigenvalue weighted by Gasteiger charge is -2.28. The van der Waals surface area contributed by atoms with Crippen molar-refractivity contribution in [3.63, 3.8) is 0 Å². The number of cyclic esters (lactones) is 1. The van der Waals surface area contributed by atoms with Crippen LogP contribution in [0.5, 0.6) is 0 Å². The van der Waals surface area contributed by atoms with Crippen molar-refractivity contribution in [2.24, 2.45) is 0 Å². The van der Waals surface area contributed by atoms with Crippen LogP contribution in [0.1, 0.15) is 168 Å². The highest BCUT2D eigenvalue weighted by atomic mass is 28.3. The van der Waals surface area contributed by atoms with Gasteiger partial charge >= 0.3 is 5.97 Å². The van der Waals surface area contributed by atoms with Crippen LogP contribution in [0, 0.1) is 0 Å². The Bertz CT molecular complexity index is 1320. The predicted octanol–water partition coefficient (Wildman–Crippen LogP) is 14.9. The standard InChI is InChI=1S/C55H108O10Si3/c1-12-13-14-15-16-20-23-26-29-49(61-44-58-36-39-67(6,7)8)51-31-33-53(64-51)54-34-32-52(65-54)50(62-45-59-37-40-68(9,10)11)30-27-24-21-18-17-19-22-25-28-48(42-47-41-46(2)63-55(47)56)60-43-57-35-38-66(3,4)5/h41,46,48-54H,12-40,42-45H2,1-11H3/t46-,48+,49+,50+,51+,52+,53+,54+/m0/s1. The number of esters is 1. The van der Waals surface area contributed by atoms with Gasteiger partial charge in [0.05, 0.1) is 42.7 Å². The SMILES string of the molecule is CCCCCCCCCC[C@@H](OCOCC[Si](C)(C)C)[C@H]1CC[C@H]([C@H]2CC[C@H]([C@@H](CCCCCCCCCC[C@H](CC3=C[C@H](C)OC3=O)OCOCC[Si](C)(C)C)OCOCC[Si](C)(C)C)O2)O1. The average Bonchev–Trinajstić information content (AvgIpc) is 4.02. The first kappa shape index (κ1) is 61.8. The fourth-order valence-corrected chi connectivity index (χ4v) is 11.8. The molecule has 3 aliphatic rings. The minimum atomic E-state index is -1.17. The second-order valence-corrected chi connectivity index (χ2v) is 41.3. The zero-order chi connectivity index (χ0) is 49.7. The maximum absolute atomic E-state index is 12.3. The van der Waals surface area contributed by atoms with Crippen molar-refractivity contribution < 1.29 is 47.4 Å². The number of hydrogen-bond acceptors (Lipinski definition) is 10. The van der Waals surface area contributed by atoms with E-state index in [1.165, 1.54) is 89.9 Å². The summed E-state index contributed by atoms with van der Waals surface area (Å²) in [5.41, 5.74) is 0.746. The van der Waals surface area contributed by atoms with Gasteiger partial charge in [0.2, 0.25) is 0 Å². The largest absolute Gasteiger partial charge is 0.455 e. The van der Waals surface area contributed by atoms with Gasteiger partial charge in [-0.1, -0.05) is 169 Å². The van der Waals surface area contributed by atoms with Crippen molar-refractivity contribution in [1.29, 1.82) is 0 Å². The van der Waals surface area contributed by atoms with E-state index < -0.39 is 24.2 Å². The molecule has 13 heteroatoms. The zero-order valence-corrected chi connectivity index (χ0v) is 49.1. The molecule has 0 radical (unpaired) electrons. The highest BCUT2D eigenvalue weighted by Crippen LogP contribution is 2.36. The minimum Gasteiger partial charge on any atom is -0.455 e. The first-order chi connectivity index (χ1) is 32.4. The first-order valence-electron chi connectivity index (χ1n) is 28.2. The van der Waals surface area contributed by atoms with Gasteiger partial charge in [0.15, 0.2) is 0 Å². The van der Waals surface area contributed by atoms with Gasteiger partial charge in [0.25, 0.3) is 0 Å². The minimum absolute atomic E-state index is 0.0235. The molecule has 0 unspecified atom stereocenters. The molecular weight excluding hydrogens is 905 g/mol. The van der Waals surface area contributed by atoms with E-state index >= 15 is 0 Å². The molecular formula is C55H108O10Si3. The van der Waals surface area contributed by atoms with E-state index in [2.05, 4.69) is 65.8 Å². The Morgan fingerprint density at radius 3 is 1.29 bits per heavy atom. The molecule has 3 rings (SSSR count). The lowest BCUT2D eigenvalue weighted by molar-refractivity contribution is -0.162. The molecule has 0 N–H and O–H groups in total. The molecule has 2 fully saturated rings. The van der Waals surface area contributed by atoms with E-state index in [4.69, 9.17) is 42.6 Å². The molecule has 0 saturated carbocycles. The van der Waals surface area contributed by atoms with E-state index in [1.807, 2.05) is 13.0 Å². The Morgan fingerprint density at radius 1 is 0.529 bits per heavy atom. The summed E-state index contributed by atoms with van der Waals surface area (Å²) in [4.78, 5) is 12.3. The third kappa shape index (κ3) is 29.9. The predicted molar refractivity (Wildman–Crippen MR) is 289 cm³/mol. The van der Waals surface area contributed by atoms with Crippen LogP contribution in [-0.2, 0) is 47.4 Å². The molecule has 0 aromatic heterocycles. The van der Waals surface area contributed by atoms with Crippen LogP contribution >= 0.6 is 0 Å². The van der Waals surface area contributed by atoms with Gasteiger partial charge in [-0.2, -0.15) is 0 Å². The number of rotatable bonds is 43. The number of carbonyl (C=O) groups excluding carboxylic acids is 1. The molecule has 0 bridgehead atoms. The lowest BCUT2D eigenvalue weighted by atomic mass is 9.99. The lowest BCUT2D eigenvalue weighted by Crippen LogP contribution is -2.35. The summed E-state index contributed by atoms with van der Waals surface area (Å²) in [6.45, 7) is 28.9. The van der Waals surface area contributed by atoms with E-state index in [0.29, 0.717) is 26.8 Å². The summed E-state index contributed by atoms with van der Waals surface area (Å²) in [5.74, 6) is -0.199. The van der Waals surface area contributed by atoms with Crippen LogP contribution in [-0.4, -0.2) is 119 Å². The van der Waals surface area contributed by atoms with E-state index in [-0.39, 0.29) is 54.8 Å². The highest BCUT2D eigenvalue weighted by molar-refractivity contribution is 6.76. The monoisotopic (exact) mass is 1010 g/mol. The van der Waals surface area contributed by atoms with Crippen molar-refractivity contribution in [2.45, 2.75) is 294 Å². The number of unbranched alkanes of at least 4 members (excludes halogenated alkanes) is 14. The molecule has 2 saturated heterocycles. The summed E-state index contributed by atoms with van der Waals surface area (Å²) >= 11 is 0. The summed E-state index contributed by atoms with van der Waals surface area (Å²) in [6, 6.07) is 3.43. The second kappa shape index (κ2) is 34.9. The molecule has 0 aliphatic carbocycles. The van der Waals surface area contributed by atoms with E-state index in [9.17, 15) is 4.79 Å². The Kier molecular flexibility index (Phi) is 31.7. The van der Waals surface area contributed by atoms with Crippen LogP contribution in [0.25, 0.3) is 0 Å². The third-order valence-corrected chi connectivity index (χ3v) is 19.2. The smallest absolute Gasteiger partial charge is 0.334 e. The van der Waals surface area contributed by atoms with Crippen LogP contribution in [0.15, 0.2) is 11.6 Å². The average molecular weight is 1010 g/mol. The maximum Gasteiger partial charge on any atom is 0.334 e. The fraction of sp³-hybridized carbons (Fsp3) is 0.945. The Balaban J connectivity index is 1.41.